The zero-order valence-corrected chi connectivity index (χ0v) is 9.05. The van der Waals surface area contributed by atoms with E-state index in [1.54, 1.807) is 0 Å². The van der Waals surface area contributed by atoms with Crippen LogP contribution in [0.2, 0.25) is 0 Å². The van der Waals surface area contributed by atoms with E-state index in [1.165, 1.54) is 0 Å². The van der Waals surface area contributed by atoms with Gasteiger partial charge in [-0.05, 0) is 0 Å². The minimum absolute atomic E-state index is 6.58. The highest BCUT2D eigenvalue weighted by molar-refractivity contribution is 4.84. The molecule has 0 aromatic heterocycles. The van der Waals surface area contributed by atoms with Gasteiger partial charge >= 0.3 is 36.6 Å². The molecule has 16 heteroatoms. The molecule has 0 N–H and O–H groups in total. The Balaban J connectivity index is 0. The number of hydrogen-bond donors (Lipinski definition) is 0. The van der Waals surface area contributed by atoms with Gasteiger partial charge < -0.3 is 0 Å². The molecule has 0 aliphatic rings. The van der Waals surface area contributed by atoms with Crippen molar-refractivity contribution < 1.29 is 70.2 Å². The summed E-state index contributed by atoms with van der Waals surface area (Å²) in [6.07, 6.45) is -26.3. The molecule has 0 aromatic carbocycles. The molecule has 0 heterocycles. The van der Waals surface area contributed by atoms with Gasteiger partial charge in [-0.15, -0.1) is 0 Å². The van der Waals surface area contributed by atoms with Crippen molar-refractivity contribution in [2.75, 3.05) is 0 Å². The Morgan fingerprint density at radius 1 is 0.227 bits per heavy atom. The van der Waals surface area contributed by atoms with Crippen molar-refractivity contribution in [1.29, 1.82) is 0 Å². The van der Waals surface area contributed by atoms with E-state index in [0.29, 0.717) is 0 Å². The van der Waals surface area contributed by atoms with E-state index in [-0.39, 0.29) is 0 Å². The van der Waals surface area contributed by atoms with Crippen LogP contribution in [0.3, 0.4) is 0 Å². The van der Waals surface area contributed by atoms with Gasteiger partial charge in [0.1, 0.15) is 0 Å². The van der Waals surface area contributed by atoms with Gasteiger partial charge in [-0.2, -0.15) is 70.2 Å². The van der Waals surface area contributed by atoms with Gasteiger partial charge in [-0.25, -0.2) is 0 Å². The maximum absolute atomic E-state index is 11.2. The number of hydrogen-bond acceptors (Lipinski definition) is 0. The largest absolute Gasteiger partial charge is 0.463 e. The summed E-state index contributed by atoms with van der Waals surface area (Å²) < 4.78 is 175. The van der Waals surface area contributed by atoms with Crippen LogP contribution < -0.4 is 0 Å². The van der Waals surface area contributed by atoms with Crippen molar-refractivity contribution in [3.63, 3.8) is 0 Å². The summed E-state index contributed by atoms with van der Waals surface area (Å²) in [6.45, 7) is 0. The minimum Gasteiger partial charge on any atom is -0.186 e. The standard InChI is InChI=1S/2C3F8/c2*4-1(5,2(6,7)8)3(9,10)11. The van der Waals surface area contributed by atoms with Crippen LogP contribution in [0.5, 0.6) is 0 Å². The molecule has 0 nitrogen and oxygen atoms in total. The Morgan fingerprint density at radius 2 is 0.318 bits per heavy atom. The second kappa shape index (κ2) is 5.82. The van der Waals surface area contributed by atoms with E-state index in [9.17, 15) is 70.2 Å². The third-order valence-electron chi connectivity index (χ3n) is 1.42. The van der Waals surface area contributed by atoms with E-state index >= 15 is 0 Å². The summed E-state index contributed by atoms with van der Waals surface area (Å²) in [7, 11) is 0. The zero-order valence-electron chi connectivity index (χ0n) is 9.05. The molecule has 0 fully saturated rings. The van der Waals surface area contributed by atoms with Gasteiger partial charge in [0, 0.05) is 0 Å². The van der Waals surface area contributed by atoms with Crippen LogP contribution in [-0.2, 0) is 0 Å². The highest BCUT2D eigenvalue weighted by Crippen LogP contribution is 2.47. The fourth-order valence-electron chi connectivity index (χ4n) is 0.321. The van der Waals surface area contributed by atoms with Crippen LogP contribution in [0, 0.1) is 0 Å². The van der Waals surface area contributed by atoms with Crippen LogP contribution in [0.1, 0.15) is 0 Å². The summed E-state index contributed by atoms with van der Waals surface area (Å²) in [4.78, 5) is 0. The second-order valence-electron chi connectivity index (χ2n) is 3.14. The normalized spacial score (nSPS) is 15.3. The first-order valence-electron chi connectivity index (χ1n) is 4.02. The first-order chi connectivity index (χ1) is 9.00. The van der Waals surface area contributed by atoms with Gasteiger partial charge in [0.25, 0.3) is 0 Å². The van der Waals surface area contributed by atoms with Crippen LogP contribution in [0.15, 0.2) is 0 Å². The average Bonchev–Trinajstić information content (AvgIpc) is 2.10. The van der Waals surface area contributed by atoms with Gasteiger partial charge in [-0.3, -0.25) is 0 Å². The predicted molar refractivity (Wildman–Crippen MR) is 34.1 cm³/mol. The average molecular weight is 376 g/mol. The Morgan fingerprint density at radius 3 is 0.318 bits per heavy atom. The molecule has 136 valence electrons. The van der Waals surface area contributed by atoms with Crippen LogP contribution >= 0.6 is 0 Å². The zero-order chi connectivity index (χ0) is 19.0. The quantitative estimate of drug-likeness (QED) is 0.491. The molecule has 0 saturated carbocycles. The molecule has 0 aliphatic heterocycles. The summed E-state index contributed by atoms with van der Waals surface area (Å²) >= 11 is 0. The lowest BCUT2D eigenvalue weighted by Crippen LogP contribution is -2.49. The summed E-state index contributed by atoms with van der Waals surface area (Å²) in [5, 5.41) is 0. The maximum Gasteiger partial charge on any atom is 0.463 e. The van der Waals surface area contributed by atoms with Crippen molar-refractivity contribution in [1.82, 2.24) is 0 Å². The van der Waals surface area contributed by atoms with Gasteiger partial charge in [0.15, 0.2) is 0 Å². The topological polar surface area (TPSA) is 0 Å². The van der Waals surface area contributed by atoms with E-state index in [0.717, 1.165) is 0 Å². The molecular formula is C6F16. The summed E-state index contributed by atoms with van der Waals surface area (Å²) in [5.41, 5.74) is 0. The van der Waals surface area contributed by atoms with Crippen molar-refractivity contribution in [3.05, 3.63) is 0 Å². The lowest BCUT2D eigenvalue weighted by molar-refractivity contribution is -0.389. The van der Waals surface area contributed by atoms with Crippen molar-refractivity contribution >= 4 is 0 Å². The molecular weight excluding hydrogens is 376 g/mol. The first kappa shape index (κ1) is 23.2. The number of halogens is 16. The SMILES string of the molecule is FC(F)(F)C(F)(F)C(F)(F)F.FC(F)(F)C(F)(F)C(F)(F)F. The minimum atomic E-state index is -6.62. The summed E-state index contributed by atoms with van der Waals surface area (Å²) in [5.74, 6) is -13.2. The van der Waals surface area contributed by atoms with Crippen molar-refractivity contribution in [3.8, 4) is 0 Å². The van der Waals surface area contributed by atoms with E-state index < -0.39 is 36.6 Å². The molecule has 0 spiro atoms. The Labute approximate surface area is 108 Å². The second-order valence-corrected chi connectivity index (χ2v) is 3.14. The van der Waals surface area contributed by atoms with E-state index in [1.807, 2.05) is 0 Å². The predicted octanol–water partition coefficient (Wildman–Crippen LogP) is 5.49. The van der Waals surface area contributed by atoms with Gasteiger partial charge in [0.2, 0.25) is 0 Å². The molecule has 0 amide bonds. The van der Waals surface area contributed by atoms with Crippen LogP contribution in [-0.4, -0.2) is 36.6 Å². The molecule has 0 aliphatic carbocycles. The third kappa shape index (κ3) is 4.96. The summed E-state index contributed by atoms with van der Waals surface area (Å²) in [6, 6.07) is 0. The van der Waals surface area contributed by atoms with Gasteiger partial charge in [-0.1, -0.05) is 0 Å². The van der Waals surface area contributed by atoms with Crippen LogP contribution in [0.4, 0.5) is 70.2 Å². The lowest BCUT2D eigenvalue weighted by atomic mass is 10.3. The highest BCUT2D eigenvalue weighted by atomic mass is 19.5. The Hall–Kier alpha value is -1.12. The molecule has 0 unspecified atom stereocenters. The van der Waals surface area contributed by atoms with Crippen molar-refractivity contribution in [2.45, 2.75) is 36.6 Å². The van der Waals surface area contributed by atoms with Crippen molar-refractivity contribution in [2.24, 2.45) is 0 Å². The Bertz CT molecular complexity index is 277. The number of rotatable bonds is 0. The monoisotopic (exact) mass is 376 g/mol. The van der Waals surface area contributed by atoms with Crippen LogP contribution in [0.25, 0.3) is 0 Å². The lowest BCUT2D eigenvalue weighted by Gasteiger charge is -2.21. The molecule has 0 atom stereocenters. The smallest absolute Gasteiger partial charge is 0.186 e. The van der Waals surface area contributed by atoms with E-state index in [4.69, 9.17) is 0 Å². The fourth-order valence-corrected chi connectivity index (χ4v) is 0.321. The third-order valence-corrected chi connectivity index (χ3v) is 1.42. The fraction of sp³-hybridized carbons (Fsp3) is 1.00. The molecule has 0 saturated heterocycles. The molecule has 0 radical (unpaired) electrons. The first-order valence-corrected chi connectivity index (χ1v) is 4.02. The van der Waals surface area contributed by atoms with E-state index in [2.05, 4.69) is 0 Å². The van der Waals surface area contributed by atoms with Gasteiger partial charge in [0.05, 0.1) is 0 Å². The maximum atomic E-state index is 11.2. The molecule has 0 rings (SSSR count). The highest BCUT2D eigenvalue weighted by Gasteiger charge is 2.75. The molecule has 0 bridgehead atoms. The number of alkyl halides is 16. The Kier molecular flexibility index (Phi) is 6.13. The molecule has 0 aromatic rings. The molecule has 22 heavy (non-hydrogen) atoms.